The predicted molar refractivity (Wildman–Crippen MR) is 64.8 cm³/mol. The van der Waals surface area contributed by atoms with Gasteiger partial charge in [-0.05, 0) is 32.1 Å². The molecular weight excluding hydrogens is 220 g/mol. The molecule has 0 spiro atoms. The van der Waals surface area contributed by atoms with Crippen molar-refractivity contribution in [1.29, 1.82) is 0 Å². The lowest BCUT2D eigenvalue weighted by atomic mass is 9.77. The number of carboxylic acid groups (broad SMARTS) is 1. The molecule has 5 nitrogen and oxygen atoms in total. The summed E-state index contributed by atoms with van der Waals surface area (Å²) in [6.07, 6.45) is 1.93. The van der Waals surface area contributed by atoms with Crippen LogP contribution in [-0.4, -0.2) is 40.6 Å². The highest BCUT2D eigenvalue weighted by Gasteiger charge is 2.46. The van der Waals surface area contributed by atoms with Crippen molar-refractivity contribution in [3.8, 4) is 0 Å². The van der Waals surface area contributed by atoms with Crippen LogP contribution in [-0.2, 0) is 4.79 Å². The van der Waals surface area contributed by atoms with E-state index in [4.69, 9.17) is 5.11 Å². The van der Waals surface area contributed by atoms with Gasteiger partial charge in [0.1, 0.15) is 5.54 Å². The fraction of sp³-hybridized carbons (Fsp3) is 0.833. The molecule has 2 amide bonds. The number of carbonyl (C=O) groups is 2. The number of urea groups is 1. The standard InChI is InChI=1S/C12H22N2O3/c1-4-14(8-9(2)3)11(17)13-12(10(15)16)6-5-7-12/h9H,4-8H2,1-3H3,(H,13,17)(H,15,16). The van der Waals surface area contributed by atoms with Gasteiger partial charge in [-0.2, -0.15) is 0 Å². The lowest BCUT2D eigenvalue weighted by Crippen LogP contribution is -2.61. The van der Waals surface area contributed by atoms with Crippen molar-refractivity contribution in [2.45, 2.75) is 45.6 Å². The van der Waals surface area contributed by atoms with Crippen molar-refractivity contribution in [2.24, 2.45) is 5.92 Å². The minimum atomic E-state index is -1.01. The molecule has 0 unspecified atom stereocenters. The molecule has 0 aromatic heterocycles. The average Bonchev–Trinajstić information content (AvgIpc) is 2.18. The van der Waals surface area contributed by atoms with E-state index in [2.05, 4.69) is 5.32 Å². The normalized spacial score (nSPS) is 17.4. The maximum Gasteiger partial charge on any atom is 0.329 e. The first-order chi connectivity index (χ1) is 7.91. The summed E-state index contributed by atoms with van der Waals surface area (Å²) in [6, 6.07) is -0.261. The maximum absolute atomic E-state index is 12.0. The van der Waals surface area contributed by atoms with Crippen LogP contribution < -0.4 is 5.32 Å². The Bertz CT molecular complexity index is 298. The van der Waals surface area contributed by atoms with Crippen LogP contribution in [0.25, 0.3) is 0 Å². The molecule has 1 aliphatic carbocycles. The first-order valence-electron chi connectivity index (χ1n) is 6.22. The number of amides is 2. The molecule has 0 saturated heterocycles. The van der Waals surface area contributed by atoms with E-state index in [9.17, 15) is 9.59 Å². The predicted octanol–water partition coefficient (Wildman–Crippen LogP) is 1.68. The zero-order chi connectivity index (χ0) is 13.1. The fourth-order valence-electron chi connectivity index (χ4n) is 2.00. The van der Waals surface area contributed by atoms with Crippen LogP contribution in [0.1, 0.15) is 40.0 Å². The summed E-state index contributed by atoms with van der Waals surface area (Å²) < 4.78 is 0. The highest BCUT2D eigenvalue weighted by atomic mass is 16.4. The topological polar surface area (TPSA) is 69.6 Å². The van der Waals surface area contributed by atoms with Crippen LogP contribution in [0, 0.1) is 5.92 Å². The van der Waals surface area contributed by atoms with Gasteiger partial charge in [0.05, 0.1) is 0 Å². The van der Waals surface area contributed by atoms with Gasteiger partial charge < -0.3 is 15.3 Å². The molecule has 0 aliphatic heterocycles. The Morgan fingerprint density at radius 1 is 1.41 bits per heavy atom. The molecule has 2 N–H and O–H groups in total. The third kappa shape index (κ3) is 3.11. The second-order valence-corrected chi connectivity index (χ2v) is 5.10. The monoisotopic (exact) mass is 242 g/mol. The van der Waals surface area contributed by atoms with Crippen LogP contribution in [0.5, 0.6) is 0 Å². The number of hydrogen-bond acceptors (Lipinski definition) is 2. The van der Waals surface area contributed by atoms with Crippen molar-refractivity contribution in [1.82, 2.24) is 10.2 Å². The zero-order valence-electron chi connectivity index (χ0n) is 10.8. The minimum absolute atomic E-state index is 0.261. The third-order valence-electron chi connectivity index (χ3n) is 3.22. The van der Waals surface area contributed by atoms with Crippen molar-refractivity contribution >= 4 is 12.0 Å². The Labute approximate surface area is 102 Å². The number of carbonyl (C=O) groups excluding carboxylic acids is 1. The van der Waals surface area contributed by atoms with E-state index >= 15 is 0 Å². The number of aliphatic carboxylic acids is 1. The maximum atomic E-state index is 12.0. The van der Waals surface area contributed by atoms with Crippen LogP contribution in [0.15, 0.2) is 0 Å². The molecule has 5 heteroatoms. The number of hydrogen-bond donors (Lipinski definition) is 2. The van der Waals surface area contributed by atoms with E-state index < -0.39 is 11.5 Å². The van der Waals surface area contributed by atoms with Gasteiger partial charge in [0.2, 0.25) is 0 Å². The summed E-state index contributed by atoms with van der Waals surface area (Å²) in [5.74, 6) is -0.541. The molecule has 0 atom stereocenters. The fourth-order valence-corrected chi connectivity index (χ4v) is 2.00. The van der Waals surface area contributed by atoms with Gasteiger partial charge in [-0.25, -0.2) is 9.59 Å². The van der Waals surface area contributed by atoms with Crippen LogP contribution >= 0.6 is 0 Å². The van der Waals surface area contributed by atoms with E-state index in [0.717, 1.165) is 6.42 Å². The smallest absolute Gasteiger partial charge is 0.329 e. The Kier molecular flexibility index (Phi) is 4.37. The quantitative estimate of drug-likeness (QED) is 0.770. The molecule has 1 aliphatic rings. The summed E-state index contributed by atoms with van der Waals surface area (Å²) in [4.78, 5) is 24.8. The third-order valence-corrected chi connectivity index (χ3v) is 3.22. The minimum Gasteiger partial charge on any atom is -0.480 e. The Balaban J connectivity index is 2.60. The number of nitrogens with one attached hydrogen (secondary N) is 1. The van der Waals surface area contributed by atoms with E-state index in [1.165, 1.54) is 0 Å². The zero-order valence-corrected chi connectivity index (χ0v) is 10.8. The van der Waals surface area contributed by atoms with E-state index in [0.29, 0.717) is 31.8 Å². The second kappa shape index (κ2) is 5.38. The van der Waals surface area contributed by atoms with E-state index in [1.807, 2.05) is 20.8 Å². The average molecular weight is 242 g/mol. The van der Waals surface area contributed by atoms with Gasteiger partial charge in [0.25, 0.3) is 0 Å². The molecule has 1 rings (SSSR count). The summed E-state index contributed by atoms with van der Waals surface area (Å²) in [6.45, 7) is 7.21. The molecule has 98 valence electrons. The van der Waals surface area contributed by atoms with Crippen molar-refractivity contribution in [2.75, 3.05) is 13.1 Å². The highest BCUT2D eigenvalue weighted by molar-refractivity contribution is 5.87. The van der Waals surface area contributed by atoms with Gasteiger partial charge >= 0.3 is 12.0 Å². The Morgan fingerprint density at radius 3 is 2.29 bits per heavy atom. The molecule has 1 fully saturated rings. The van der Waals surface area contributed by atoms with Crippen molar-refractivity contribution < 1.29 is 14.7 Å². The molecule has 0 aromatic rings. The van der Waals surface area contributed by atoms with Crippen LogP contribution in [0.2, 0.25) is 0 Å². The molecule has 0 radical (unpaired) electrons. The summed E-state index contributed by atoms with van der Waals surface area (Å²) in [7, 11) is 0. The van der Waals surface area contributed by atoms with Gasteiger partial charge in [-0.3, -0.25) is 0 Å². The lowest BCUT2D eigenvalue weighted by molar-refractivity contribution is -0.148. The summed E-state index contributed by atoms with van der Waals surface area (Å²) in [5.41, 5.74) is -1.01. The number of rotatable bonds is 5. The summed E-state index contributed by atoms with van der Waals surface area (Å²) in [5, 5.41) is 11.8. The van der Waals surface area contributed by atoms with Gasteiger partial charge in [-0.1, -0.05) is 13.8 Å². The molecular formula is C12H22N2O3. The molecule has 17 heavy (non-hydrogen) atoms. The Hall–Kier alpha value is -1.26. The van der Waals surface area contributed by atoms with Crippen molar-refractivity contribution in [3.05, 3.63) is 0 Å². The van der Waals surface area contributed by atoms with Gasteiger partial charge in [0, 0.05) is 13.1 Å². The molecule has 0 aromatic carbocycles. The summed E-state index contributed by atoms with van der Waals surface area (Å²) >= 11 is 0. The van der Waals surface area contributed by atoms with Crippen LogP contribution in [0.3, 0.4) is 0 Å². The number of carboxylic acids is 1. The highest BCUT2D eigenvalue weighted by Crippen LogP contribution is 2.32. The first-order valence-corrected chi connectivity index (χ1v) is 6.22. The Morgan fingerprint density at radius 2 is 2.00 bits per heavy atom. The number of nitrogens with zero attached hydrogens (tertiary/aromatic N) is 1. The van der Waals surface area contributed by atoms with Gasteiger partial charge in [-0.15, -0.1) is 0 Å². The molecule has 1 saturated carbocycles. The largest absolute Gasteiger partial charge is 0.480 e. The SMILES string of the molecule is CCN(CC(C)C)C(=O)NC1(C(=O)O)CCC1. The van der Waals surface area contributed by atoms with Crippen LogP contribution in [0.4, 0.5) is 4.79 Å². The first kappa shape index (κ1) is 13.8. The second-order valence-electron chi connectivity index (χ2n) is 5.10. The molecule has 0 heterocycles. The molecule has 0 bridgehead atoms. The van der Waals surface area contributed by atoms with Crippen molar-refractivity contribution in [3.63, 3.8) is 0 Å². The lowest BCUT2D eigenvalue weighted by Gasteiger charge is -2.39. The van der Waals surface area contributed by atoms with E-state index in [1.54, 1.807) is 4.90 Å². The van der Waals surface area contributed by atoms with E-state index in [-0.39, 0.29) is 6.03 Å². The van der Waals surface area contributed by atoms with Gasteiger partial charge in [0.15, 0.2) is 0 Å².